The molecule has 0 aromatic carbocycles. The fourth-order valence-electron chi connectivity index (χ4n) is 5.19. The number of nitrogens with one attached hydrogen (secondary N) is 4. The van der Waals surface area contributed by atoms with E-state index >= 15 is 0 Å². The number of hydrogen-bond donors (Lipinski definition) is 6. The molecule has 232 valence electrons. The average Bonchev–Trinajstić information content (AvgIpc) is 2.91. The number of nitrogens with zero attached hydrogens (tertiary/aromatic N) is 2. The first kappa shape index (κ1) is 35.7. The number of carbonyl (C=O) groups is 4. The van der Waals surface area contributed by atoms with Gasteiger partial charge in [0.05, 0.1) is 19.7 Å². The topological polar surface area (TPSA) is 184 Å². The molecule has 0 spiro atoms. The molecule has 2 aliphatic rings. The van der Waals surface area contributed by atoms with Gasteiger partial charge in [0.1, 0.15) is 0 Å². The fourth-order valence-corrected chi connectivity index (χ4v) is 5.19. The van der Waals surface area contributed by atoms with E-state index in [4.69, 9.17) is 11.7 Å². The summed E-state index contributed by atoms with van der Waals surface area (Å²) < 4.78 is 0. The largest absolute Gasteiger partial charge is 0.356 e. The maximum Gasteiger partial charge on any atom is 0.235 e. The summed E-state index contributed by atoms with van der Waals surface area (Å²) in [4.78, 5) is 55.0. The summed E-state index contributed by atoms with van der Waals surface area (Å²) in [6, 6.07) is 1.80. The molecule has 4 unspecified atom stereocenters. The van der Waals surface area contributed by atoms with Crippen LogP contribution in [-0.2, 0) is 24.0 Å². The van der Waals surface area contributed by atoms with Crippen molar-refractivity contribution in [3.8, 4) is 0 Å². The summed E-state index contributed by atoms with van der Waals surface area (Å²) in [6.45, 7) is 11.1. The highest BCUT2D eigenvalue weighted by Gasteiger charge is 2.27. The molecule has 8 N–H and O–H groups in total. The highest BCUT2D eigenvalue weighted by atomic mass is 16.6. The van der Waals surface area contributed by atoms with Crippen LogP contribution in [0.25, 0.3) is 0 Å². The minimum Gasteiger partial charge on any atom is -0.356 e. The minimum atomic E-state index is -0.269. The van der Waals surface area contributed by atoms with Gasteiger partial charge in [0, 0.05) is 56.6 Å². The van der Waals surface area contributed by atoms with Crippen LogP contribution in [-0.4, -0.2) is 96.9 Å². The van der Waals surface area contributed by atoms with Gasteiger partial charge in [-0.05, 0) is 59.8 Å². The maximum atomic E-state index is 12.0. The van der Waals surface area contributed by atoms with E-state index in [1.165, 1.54) is 12.8 Å². The van der Waals surface area contributed by atoms with Crippen molar-refractivity contribution in [3.63, 3.8) is 0 Å². The molecule has 4 atom stereocenters. The van der Waals surface area contributed by atoms with Crippen LogP contribution >= 0.6 is 0 Å². The average molecular weight is 571 g/mol. The third-order valence-corrected chi connectivity index (χ3v) is 7.68. The molecule has 0 aromatic rings. The first-order valence-electron chi connectivity index (χ1n) is 14.7. The van der Waals surface area contributed by atoms with Gasteiger partial charge >= 0.3 is 0 Å². The van der Waals surface area contributed by atoms with Gasteiger partial charge in [-0.15, -0.1) is 0 Å². The Kier molecular flexibility index (Phi) is 18.3. The Morgan fingerprint density at radius 1 is 0.675 bits per heavy atom. The SMILES string of the molecule is CC1CCCC(C)N1CC(=O)NCCC(=O)NCCCON.CC1CCCC(C)N1CC(=O)NCCC(=O)NN. The molecule has 0 bridgehead atoms. The second-order valence-electron chi connectivity index (χ2n) is 10.9. The zero-order chi connectivity index (χ0) is 29.9. The van der Waals surface area contributed by atoms with E-state index in [0.717, 1.165) is 25.7 Å². The van der Waals surface area contributed by atoms with Gasteiger partial charge in [-0.2, -0.15) is 0 Å². The molecule has 2 heterocycles. The first-order valence-corrected chi connectivity index (χ1v) is 14.7. The molecular formula is C27H54N8O5. The lowest BCUT2D eigenvalue weighted by molar-refractivity contribution is -0.125. The Labute approximate surface area is 239 Å². The lowest BCUT2D eigenvalue weighted by Gasteiger charge is -2.38. The third-order valence-electron chi connectivity index (χ3n) is 7.68. The van der Waals surface area contributed by atoms with Crippen LogP contribution in [0.1, 0.15) is 85.5 Å². The predicted octanol–water partition coefficient (Wildman–Crippen LogP) is -0.102. The summed E-state index contributed by atoms with van der Waals surface area (Å²) >= 11 is 0. The summed E-state index contributed by atoms with van der Waals surface area (Å²) in [5, 5.41) is 8.31. The molecule has 2 saturated heterocycles. The third kappa shape index (κ3) is 14.9. The Morgan fingerprint density at radius 3 is 1.48 bits per heavy atom. The second-order valence-corrected chi connectivity index (χ2v) is 10.9. The quantitative estimate of drug-likeness (QED) is 0.0718. The number of nitrogens with two attached hydrogens (primary N) is 2. The fraction of sp³-hybridized carbons (Fsp3) is 0.852. The van der Waals surface area contributed by atoms with Crippen molar-refractivity contribution in [1.29, 1.82) is 0 Å². The van der Waals surface area contributed by atoms with Crippen molar-refractivity contribution in [3.05, 3.63) is 0 Å². The number of hydrogen-bond acceptors (Lipinski definition) is 9. The van der Waals surface area contributed by atoms with E-state index in [9.17, 15) is 19.2 Å². The zero-order valence-electron chi connectivity index (χ0n) is 25.0. The lowest BCUT2D eigenvalue weighted by atomic mass is 9.97. The molecule has 13 heteroatoms. The molecule has 13 nitrogen and oxygen atoms in total. The Hall–Kier alpha value is -2.32. The molecule has 40 heavy (non-hydrogen) atoms. The van der Waals surface area contributed by atoms with E-state index in [0.29, 0.717) is 76.3 Å². The minimum absolute atomic E-state index is 0.00932. The molecule has 2 aliphatic heterocycles. The van der Waals surface area contributed by atoms with Crippen LogP contribution in [0.3, 0.4) is 0 Å². The number of likely N-dealkylation sites (tertiary alicyclic amines) is 2. The highest BCUT2D eigenvalue weighted by molar-refractivity contribution is 5.80. The second kappa shape index (κ2) is 20.5. The number of piperidine rings is 2. The van der Waals surface area contributed by atoms with Gasteiger partial charge in [-0.1, -0.05) is 12.8 Å². The van der Waals surface area contributed by atoms with Crippen molar-refractivity contribution >= 4 is 23.6 Å². The summed E-state index contributed by atoms with van der Waals surface area (Å²) in [5.74, 6) is 9.47. The van der Waals surface area contributed by atoms with E-state index < -0.39 is 0 Å². The van der Waals surface area contributed by atoms with E-state index in [1.807, 2.05) is 5.43 Å². The van der Waals surface area contributed by atoms with Crippen molar-refractivity contribution in [2.45, 2.75) is 110 Å². The number of rotatable bonds is 14. The summed E-state index contributed by atoms with van der Waals surface area (Å²) in [5.41, 5.74) is 2.03. The Bertz CT molecular complexity index is 751. The molecule has 4 amide bonds. The molecule has 2 fully saturated rings. The van der Waals surface area contributed by atoms with Gasteiger partial charge in [-0.3, -0.25) is 34.4 Å². The normalized spacial score (nSPS) is 23.4. The van der Waals surface area contributed by atoms with Crippen LogP contribution in [0, 0.1) is 0 Å². The van der Waals surface area contributed by atoms with E-state index in [-0.39, 0.29) is 30.0 Å². The first-order chi connectivity index (χ1) is 19.1. The number of hydrazine groups is 1. The molecular weight excluding hydrogens is 516 g/mol. The monoisotopic (exact) mass is 570 g/mol. The lowest BCUT2D eigenvalue weighted by Crippen LogP contribution is -2.49. The van der Waals surface area contributed by atoms with Gasteiger partial charge < -0.3 is 20.8 Å². The molecule has 0 aromatic heterocycles. The van der Waals surface area contributed by atoms with E-state index in [1.54, 1.807) is 0 Å². The van der Waals surface area contributed by atoms with Gasteiger partial charge in [-0.25, -0.2) is 11.7 Å². The standard InChI is InChI=1S/C15H30N4O3.C12H24N4O2/c1-12-5-3-6-13(2)19(12)11-15(21)18-9-7-14(20)17-8-4-10-22-16;1-9-4-3-5-10(2)16(9)8-12(18)14-7-6-11(17)15-13/h12-13H,3-11,16H2,1-2H3,(H,17,20)(H,18,21);9-10H,3-8,13H2,1-2H3,(H,14,18)(H,15,17). The number of carbonyl (C=O) groups excluding carboxylic acids is 4. The van der Waals surface area contributed by atoms with Gasteiger partial charge in [0.15, 0.2) is 0 Å². The van der Waals surface area contributed by atoms with E-state index in [2.05, 4.69) is 58.3 Å². The van der Waals surface area contributed by atoms with Crippen LogP contribution < -0.4 is 33.1 Å². The summed E-state index contributed by atoms with van der Waals surface area (Å²) in [7, 11) is 0. The van der Waals surface area contributed by atoms with Crippen molar-refractivity contribution in [2.24, 2.45) is 11.7 Å². The highest BCUT2D eigenvalue weighted by Crippen LogP contribution is 2.22. The van der Waals surface area contributed by atoms with Crippen molar-refractivity contribution in [1.82, 2.24) is 31.2 Å². The maximum absolute atomic E-state index is 12.0. The Balaban J connectivity index is 0.000000408. The van der Waals surface area contributed by atoms with Crippen molar-refractivity contribution < 1.29 is 24.0 Å². The summed E-state index contributed by atoms with van der Waals surface area (Å²) in [6.07, 6.45) is 8.24. The molecule has 0 saturated carbocycles. The van der Waals surface area contributed by atoms with Crippen LogP contribution in [0.5, 0.6) is 0 Å². The molecule has 0 radical (unpaired) electrons. The van der Waals surface area contributed by atoms with Crippen LogP contribution in [0.15, 0.2) is 0 Å². The van der Waals surface area contributed by atoms with Crippen molar-refractivity contribution in [2.75, 3.05) is 39.3 Å². The van der Waals surface area contributed by atoms with Crippen LogP contribution in [0.4, 0.5) is 0 Å². The predicted molar refractivity (Wildman–Crippen MR) is 154 cm³/mol. The van der Waals surface area contributed by atoms with Crippen LogP contribution in [0.2, 0.25) is 0 Å². The number of amides is 4. The van der Waals surface area contributed by atoms with Gasteiger partial charge in [0.25, 0.3) is 0 Å². The smallest absolute Gasteiger partial charge is 0.235 e. The Morgan fingerprint density at radius 2 is 1.07 bits per heavy atom. The zero-order valence-corrected chi connectivity index (χ0v) is 25.0. The molecule has 0 aliphatic carbocycles. The molecule has 2 rings (SSSR count). The van der Waals surface area contributed by atoms with Gasteiger partial charge in [0.2, 0.25) is 23.6 Å².